The Morgan fingerprint density at radius 1 is 0.966 bits per heavy atom. The lowest BCUT2D eigenvalue weighted by Crippen LogP contribution is -2.38. The minimum absolute atomic E-state index is 0.0197. The van der Waals surface area contributed by atoms with E-state index in [0.717, 1.165) is 10.5 Å². The molecule has 0 bridgehead atoms. The van der Waals surface area contributed by atoms with Gasteiger partial charge in [-0.05, 0) is 54.4 Å². The molecule has 0 aliphatic carbocycles. The van der Waals surface area contributed by atoms with Gasteiger partial charge in [0.25, 0.3) is 10.0 Å². The van der Waals surface area contributed by atoms with Gasteiger partial charge in [0.05, 0.1) is 4.90 Å². The lowest BCUT2D eigenvalue weighted by atomic mass is 10.2. The molecule has 0 amide bonds. The van der Waals surface area contributed by atoms with Crippen molar-refractivity contribution in [2.45, 2.75) is 18.7 Å². The molecule has 0 radical (unpaired) electrons. The normalized spacial score (nSPS) is 11.4. The van der Waals surface area contributed by atoms with Crippen molar-refractivity contribution >= 4 is 15.7 Å². The van der Waals surface area contributed by atoms with Crippen LogP contribution in [0, 0.1) is 5.92 Å². The average Bonchev–Trinajstić information content (AvgIpc) is 2.69. The summed E-state index contributed by atoms with van der Waals surface area (Å²) >= 11 is 0. The van der Waals surface area contributed by atoms with Crippen LogP contribution in [0.15, 0.2) is 82.6 Å². The number of pyridine rings is 1. The van der Waals surface area contributed by atoms with E-state index < -0.39 is 15.6 Å². The zero-order valence-electron chi connectivity index (χ0n) is 16.1. The van der Waals surface area contributed by atoms with Crippen molar-refractivity contribution in [2.24, 2.45) is 5.92 Å². The molecule has 0 spiro atoms. The van der Waals surface area contributed by atoms with Crippen molar-refractivity contribution in [3.8, 4) is 11.5 Å². The molecule has 0 aliphatic rings. The highest BCUT2D eigenvalue weighted by atomic mass is 32.2. The fraction of sp³-hybridized carbons (Fsp3) is 0.190. The first-order valence-corrected chi connectivity index (χ1v) is 10.5. The molecular formula is C21H22N2O5S. The van der Waals surface area contributed by atoms with Crippen LogP contribution in [0.1, 0.15) is 13.8 Å². The summed E-state index contributed by atoms with van der Waals surface area (Å²) in [5.41, 5.74) is -0.922. The number of sulfonamides is 1. The van der Waals surface area contributed by atoms with Crippen molar-refractivity contribution in [3.63, 3.8) is 0 Å². The Balaban J connectivity index is 1.95. The topological polar surface area (TPSA) is 88.8 Å². The summed E-state index contributed by atoms with van der Waals surface area (Å²) < 4.78 is 33.6. The van der Waals surface area contributed by atoms with Gasteiger partial charge in [0.15, 0.2) is 0 Å². The van der Waals surface area contributed by atoms with E-state index in [-0.39, 0.29) is 23.0 Å². The molecule has 0 unspecified atom stereocenters. The van der Waals surface area contributed by atoms with E-state index in [1.807, 2.05) is 32.0 Å². The smallest absolute Gasteiger partial charge is 0.307 e. The monoisotopic (exact) mass is 414 g/mol. The SMILES string of the molecule is CC(C)CN(c1cccn(O)c1=O)S(=O)(=O)c1ccc(Oc2ccccc2)cc1. The largest absolute Gasteiger partial charge is 0.457 e. The average molecular weight is 414 g/mol. The summed E-state index contributed by atoms with van der Waals surface area (Å²) in [6, 6.07) is 17.9. The van der Waals surface area contributed by atoms with Crippen molar-refractivity contribution < 1.29 is 18.4 Å². The van der Waals surface area contributed by atoms with Gasteiger partial charge in [-0.3, -0.25) is 9.10 Å². The summed E-state index contributed by atoms with van der Waals surface area (Å²) in [4.78, 5) is 12.3. The van der Waals surface area contributed by atoms with Crippen LogP contribution in [-0.4, -0.2) is 24.9 Å². The van der Waals surface area contributed by atoms with E-state index in [4.69, 9.17) is 4.74 Å². The number of nitrogens with zero attached hydrogens (tertiary/aromatic N) is 2. The Labute approximate surface area is 169 Å². The predicted molar refractivity (Wildman–Crippen MR) is 110 cm³/mol. The van der Waals surface area contributed by atoms with E-state index in [2.05, 4.69) is 0 Å². The van der Waals surface area contributed by atoms with Gasteiger partial charge in [-0.1, -0.05) is 32.0 Å². The number of ether oxygens (including phenoxy) is 1. The molecular weight excluding hydrogens is 392 g/mol. The van der Waals surface area contributed by atoms with E-state index in [0.29, 0.717) is 16.2 Å². The minimum Gasteiger partial charge on any atom is -0.457 e. The maximum Gasteiger partial charge on any atom is 0.307 e. The predicted octanol–water partition coefficient (Wildman–Crippen LogP) is 3.73. The van der Waals surface area contributed by atoms with Crippen molar-refractivity contribution in [2.75, 3.05) is 10.8 Å². The summed E-state index contributed by atoms with van der Waals surface area (Å²) in [6.45, 7) is 3.78. The molecule has 1 heterocycles. The maximum atomic E-state index is 13.3. The van der Waals surface area contributed by atoms with E-state index >= 15 is 0 Å². The number of hydrogen-bond donors (Lipinski definition) is 1. The molecule has 3 aromatic rings. The number of benzene rings is 2. The number of aromatic nitrogens is 1. The molecule has 1 aromatic heterocycles. The Kier molecular flexibility index (Phi) is 5.93. The fourth-order valence-corrected chi connectivity index (χ4v) is 4.38. The van der Waals surface area contributed by atoms with Crippen LogP contribution < -0.4 is 14.6 Å². The zero-order chi connectivity index (χ0) is 21.0. The summed E-state index contributed by atoms with van der Waals surface area (Å²) in [5.74, 6) is 1.08. The Morgan fingerprint density at radius 2 is 1.59 bits per heavy atom. The molecule has 0 saturated carbocycles. The highest BCUT2D eigenvalue weighted by Crippen LogP contribution is 2.26. The first kappa shape index (κ1) is 20.5. The summed E-state index contributed by atoms with van der Waals surface area (Å²) in [7, 11) is -4.02. The molecule has 152 valence electrons. The Hall–Kier alpha value is -3.26. The second-order valence-electron chi connectivity index (χ2n) is 6.86. The van der Waals surface area contributed by atoms with Gasteiger partial charge in [0, 0.05) is 12.7 Å². The van der Waals surface area contributed by atoms with E-state index in [1.54, 1.807) is 24.3 Å². The van der Waals surface area contributed by atoms with Crippen LogP contribution in [0.25, 0.3) is 0 Å². The fourth-order valence-electron chi connectivity index (χ4n) is 2.75. The minimum atomic E-state index is -4.02. The summed E-state index contributed by atoms with van der Waals surface area (Å²) in [6.07, 6.45) is 1.15. The third-order valence-electron chi connectivity index (χ3n) is 4.10. The highest BCUT2D eigenvalue weighted by molar-refractivity contribution is 7.92. The van der Waals surface area contributed by atoms with Gasteiger partial charge in [-0.15, -0.1) is 0 Å². The first-order chi connectivity index (χ1) is 13.8. The standard InChI is InChI=1S/C21H22N2O5S/c1-16(2)15-23(20-9-6-14-22(25)21(20)24)29(26,27)19-12-10-18(11-13-19)28-17-7-4-3-5-8-17/h3-14,16,25H,15H2,1-2H3. The van der Waals surface area contributed by atoms with Gasteiger partial charge in [-0.25, -0.2) is 8.42 Å². The zero-order valence-corrected chi connectivity index (χ0v) is 16.9. The van der Waals surface area contributed by atoms with Crippen LogP contribution in [0.5, 0.6) is 11.5 Å². The third-order valence-corrected chi connectivity index (χ3v) is 5.89. The van der Waals surface area contributed by atoms with Gasteiger partial charge < -0.3 is 9.94 Å². The van der Waals surface area contributed by atoms with Crippen molar-refractivity contribution in [3.05, 3.63) is 83.3 Å². The van der Waals surface area contributed by atoms with Crippen LogP contribution >= 0.6 is 0 Å². The number of hydrogen-bond acceptors (Lipinski definition) is 5. The van der Waals surface area contributed by atoms with Gasteiger partial charge in [-0.2, -0.15) is 4.73 Å². The van der Waals surface area contributed by atoms with Gasteiger partial charge in [0.2, 0.25) is 0 Å². The molecule has 7 nitrogen and oxygen atoms in total. The molecule has 1 N–H and O–H groups in total. The molecule has 2 aromatic carbocycles. The second-order valence-corrected chi connectivity index (χ2v) is 8.72. The maximum absolute atomic E-state index is 13.3. The third kappa shape index (κ3) is 4.60. The van der Waals surface area contributed by atoms with Crippen LogP contribution in [-0.2, 0) is 10.0 Å². The summed E-state index contributed by atoms with van der Waals surface area (Å²) in [5, 5.41) is 9.66. The van der Waals surface area contributed by atoms with Gasteiger partial charge >= 0.3 is 5.56 Å². The Bertz CT molecular complexity index is 1120. The van der Waals surface area contributed by atoms with E-state index in [9.17, 15) is 18.4 Å². The lowest BCUT2D eigenvalue weighted by Gasteiger charge is -2.25. The molecule has 0 saturated heterocycles. The van der Waals surface area contributed by atoms with E-state index in [1.165, 1.54) is 24.3 Å². The van der Waals surface area contributed by atoms with Crippen LogP contribution in [0.2, 0.25) is 0 Å². The molecule has 0 aliphatic heterocycles. The quantitative estimate of drug-likeness (QED) is 0.595. The first-order valence-electron chi connectivity index (χ1n) is 9.05. The molecule has 0 fully saturated rings. The number of para-hydroxylation sites is 1. The molecule has 0 atom stereocenters. The van der Waals surface area contributed by atoms with Gasteiger partial charge in [0.1, 0.15) is 17.2 Å². The molecule has 8 heteroatoms. The highest BCUT2D eigenvalue weighted by Gasteiger charge is 2.28. The van der Waals surface area contributed by atoms with Crippen molar-refractivity contribution in [1.29, 1.82) is 0 Å². The molecule has 29 heavy (non-hydrogen) atoms. The Morgan fingerprint density at radius 3 is 2.21 bits per heavy atom. The lowest BCUT2D eigenvalue weighted by molar-refractivity contribution is 0.175. The van der Waals surface area contributed by atoms with Crippen LogP contribution in [0.4, 0.5) is 5.69 Å². The number of rotatable bonds is 7. The van der Waals surface area contributed by atoms with Crippen molar-refractivity contribution in [1.82, 2.24) is 4.73 Å². The second kappa shape index (κ2) is 8.40. The molecule has 3 rings (SSSR count). The number of anilines is 1. The van der Waals surface area contributed by atoms with Crippen LogP contribution in [0.3, 0.4) is 0 Å².